The molecule has 1 rings (SSSR count). The van der Waals surface area contributed by atoms with E-state index >= 15 is 0 Å². The summed E-state index contributed by atoms with van der Waals surface area (Å²) in [5.41, 5.74) is -0.631. The van der Waals surface area contributed by atoms with Crippen LogP contribution in [0.3, 0.4) is 0 Å². The maximum Gasteiger partial charge on any atom is 0.290 e. The van der Waals surface area contributed by atoms with E-state index < -0.39 is 9.85 Å². The van der Waals surface area contributed by atoms with Gasteiger partial charge in [0.05, 0.1) is 20.8 Å². The van der Waals surface area contributed by atoms with Crippen molar-refractivity contribution in [2.45, 2.75) is 4.90 Å². The van der Waals surface area contributed by atoms with Crippen molar-refractivity contribution in [3.8, 4) is 11.3 Å². The molecule has 7 nitrogen and oxygen atoms in total. The van der Waals surface area contributed by atoms with Gasteiger partial charge in [-0.05, 0) is 23.1 Å². The van der Waals surface area contributed by atoms with Crippen LogP contribution in [0.2, 0.25) is 0 Å². The van der Waals surface area contributed by atoms with E-state index in [4.69, 9.17) is 0 Å². The minimum Gasteiger partial charge on any atom is -0.338 e. The van der Waals surface area contributed by atoms with E-state index in [1.54, 1.807) is 19.0 Å². The van der Waals surface area contributed by atoms with Gasteiger partial charge >= 0.3 is 0 Å². The highest BCUT2D eigenvalue weighted by Gasteiger charge is 2.19. The van der Waals surface area contributed by atoms with Crippen LogP contribution in [0.15, 0.2) is 23.1 Å². The lowest BCUT2D eigenvalue weighted by Gasteiger charge is -1.99. The molecule has 1 aromatic carbocycles. The number of non-ortho nitro benzene ring substituents is 1. The second kappa shape index (κ2) is 5.88. The third-order valence-corrected chi connectivity index (χ3v) is 2.54. The molecule has 0 unspecified atom stereocenters. The summed E-state index contributed by atoms with van der Waals surface area (Å²) in [4.78, 5) is 21.9. The first-order valence-corrected chi connectivity index (χ1v) is 5.51. The van der Waals surface area contributed by atoms with Crippen molar-refractivity contribution in [2.75, 3.05) is 14.1 Å². The zero-order chi connectivity index (χ0) is 13.7. The molecule has 0 amide bonds. The van der Waals surface area contributed by atoms with Crippen LogP contribution in [0.5, 0.6) is 0 Å². The molecule has 0 saturated carbocycles. The smallest absolute Gasteiger partial charge is 0.290 e. The first-order valence-electron chi connectivity index (χ1n) is 4.69. The number of nitro benzene ring substituents is 2. The minimum absolute atomic E-state index is 0.278. The Labute approximate surface area is 107 Å². The summed E-state index contributed by atoms with van der Waals surface area (Å²) < 4.78 is 0. The Kier molecular flexibility index (Phi) is 4.51. The van der Waals surface area contributed by atoms with Gasteiger partial charge in [0.2, 0.25) is 0 Å². The van der Waals surface area contributed by atoms with Crippen LogP contribution in [0.25, 0.3) is 0 Å². The van der Waals surface area contributed by atoms with Crippen LogP contribution in [0, 0.1) is 31.5 Å². The molecule has 0 N–H and O–H groups in total. The number of benzene rings is 1. The summed E-state index contributed by atoms with van der Waals surface area (Å²) in [6.45, 7) is 0. The number of rotatable bonds is 3. The van der Waals surface area contributed by atoms with E-state index in [0.717, 1.165) is 17.8 Å². The number of thioether (sulfide) groups is 1. The molecule has 0 aliphatic carbocycles. The molecule has 18 heavy (non-hydrogen) atoms. The lowest BCUT2D eigenvalue weighted by atomic mass is 10.3. The molecule has 0 heterocycles. The van der Waals surface area contributed by atoms with E-state index in [2.05, 4.69) is 11.3 Å². The van der Waals surface area contributed by atoms with Gasteiger partial charge in [-0.2, -0.15) is 0 Å². The van der Waals surface area contributed by atoms with Gasteiger partial charge in [0.1, 0.15) is 0 Å². The summed E-state index contributed by atoms with van der Waals surface area (Å²) in [6, 6.07) is 6.16. The second-order valence-electron chi connectivity index (χ2n) is 3.38. The summed E-state index contributed by atoms with van der Waals surface area (Å²) in [5.74, 6) is 0. The highest BCUT2D eigenvalue weighted by atomic mass is 32.2. The van der Waals surface area contributed by atoms with Crippen molar-refractivity contribution in [3.05, 3.63) is 38.4 Å². The Hall–Kier alpha value is -2.27. The Bertz CT molecular complexity index is 548. The largest absolute Gasteiger partial charge is 0.338 e. The van der Waals surface area contributed by atoms with Gasteiger partial charge < -0.3 is 4.90 Å². The zero-order valence-corrected chi connectivity index (χ0v) is 10.4. The topological polar surface area (TPSA) is 89.5 Å². The van der Waals surface area contributed by atoms with Crippen LogP contribution in [-0.2, 0) is 0 Å². The molecular weight excluding hydrogens is 258 g/mol. The maximum absolute atomic E-state index is 10.8. The molecule has 0 aliphatic heterocycles. The Balaban J connectivity index is 3.09. The lowest BCUT2D eigenvalue weighted by molar-refractivity contribution is -0.396. The summed E-state index contributed by atoms with van der Waals surface area (Å²) >= 11 is 0.957. The number of nitro groups is 2. The second-order valence-corrected chi connectivity index (χ2v) is 4.22. The molecule has 8 heteroatoms. The third kappa shape index (κ3) is 3.64. The highest BCUT2D eigenvalue weighted by molar-refractivity contribution is 8.04. The van der Waals surface area contributed by atoms with Crippen LogP contribution >= 0.6 is 11.8 Å². The fourth-order valence-electron chi connectivity index (χ4n) is 1.02. The van der Waals surface area contributed by atoms with Gasteiger partial charge in [0.15, 0.2) is 0 Å². The normalized spacial score (nSPS) is 9.22. The number of hydrogen-bond acceptors (Lipinski definition) is 6. The molecule has 0 atom stereocenters. The van der Waals surface area contributed by atoms with Gasteiger partial charge in [0, 0.05) is 26.2 Å². The van der Waals surface area contributed by atoms with Gasteiger partial charge in [-0.3, -0.25) is 20.2 Å². The lowest BCUT2D eigenvalue weighted by Crippen LogP contribution is -2.00. The van der Waals surface area contributed by atoms with E-state index in [1.807, 2.05) is 0 Å². The summed E-state index contributed by atoms with van der Waals surface area (Å²) in [5, 5.41) is 24.0. The predicted octanol–water partition coefficient (Wildman–Crippen LogP) is 2.08. The quantitative estimate of drug-likeness (QED) is 0.274. The summed E-state index contributed by atoms with van der Waals surface area (Å²) in [7, 11) is 3.47. The highest BCUT2D eigenvalue weighted by Crippen LogP contribution is 2.31. The Morgan fingerprint density at radius 3 is 2.39 bits per heavy atom. The van der Waals surface area contributed by atoms with Crippen molar-refractivity contribution >= 4 is 23.1 Å². The van der Waals surface area contributed by atoms with Crippen molar-refractivity contribution in [1.29, 1.82) is 0 Å². The first kappa shape index (κ1) is 13.8. The van der Waals surface area contributed by atoms with Crippen LogP contribution in [0.1, 0.15) is 0 Å². The molecule has 0 saturated heterocycles. The molecule has 0 aliphatic rings. The molecule has 0 fully saturated rings. The number of nitrogens with zero attached hydrogens (tertiary/aromatic N) is 3. The fraction of sp³-hybridized carbons (Fsp3) is 0.200. The van der Waals surface area contributed by atoms with E-state index in [0.29, 0.717) is 0 Å². The Morgan fingerprint density at radius 2 is 1.89 bits per heavy atom. The van der Waals surface area contributed by atoms with E-state index in [-0.39, 0.29) is 16.3 Å². The van der Waals surface area contributed by atoms with Crippen LogP contribution < -0.4 is 0 Å². The number of hydrogen-bond donors (Lipinski definition) is 0. The van der Waals surface area contributed by atoms with Gasteiger partial charge in [-0.1, -0.05) is 0 Å². The van der Waals surface area contributed by atoms with Gasteiger partial charge in [-0.15, -0.1) is 0 Å². The van der Waals surface area contributed by atoms with Crippen molar-refractivity contribution in [1.82, 2.24) is 4.90 Å². The molecule has 0 aromatic heterocycles. The monoisotopic (exact) mass is 267 g/mol. The molecular formula is C10H9N3O4S. The van der Waals surface area contributed by atoms with Crippen molar-refractivity contribution in [2.24, 2.45) is 0 Å². The SMILES string of the molecule is CN(C)C#CSc1ccc([N+](=O)[O-])cc1[N+](=O)[O-]. The molecule has 94 valence electrons. The zero-order valence-electron chi connectivity index (χ0n) is 9.61. The van der Waals surface area contributed by atoms with Crippen molar-refractivity contribution < 1.29 is 9.85 Å². The van der Waals surface area contributed by atoms with Crippen LogP contribution in [0.4, 0.5) is 11.4 Å². The van der Waals surface area contributed by atoms with Gasteiger partial charge in [-0.25, -0.2) is 0 Å². The Morgan fingerprint density at radius 1 is 1.22 bits per heavy atom. The fourth-order valence-corrected chi connectivity index (χ4v) is 1.73. The molecule has 0 spiro atoms. The average Bonchev–Trinajstić information content (AvgIpc) is 2.28. The average molecular weight is 267 g/mol. The maximum atomic E-state index is 10.8. The van der Waals surface area contributed by atoms with E-state index in [9.17, 15) is 20.2 Å². The predicted molar refractivity (Wildman–Crippen MR) is 67.1 cm³/mol. The van der Waals surface area contributed by atoms with Crippen LogP contribution in [-0.4, -0.2) is 28.8 Å². The molecule has 0 bridgehead atoms. The first-order chi connectivity index (χ1) is 8.41. The van der Waals surface area contributed by atoms with E-state index in [1.165, 1.54) is 12.1 Å². The molecule has 1 aromatic rings. The van der Waals surface area contributed by atoms with Gasteiger partial charge in [0.25, 0.3) is 11.4 Å². The van der Waals surface area contributed by atoms with Crippen molar-refractivity contribution in [3.63, 3.8) is 0 Å². The third-order valence-electron chi connectivity index (χ3n) is 1.78. The standard InChI is InChI=1S/C10H9N3O4S/c1-11(2)5-6-18-10-4-3-8(12(14)15)7-9(10)13(16)17/h3-4,7H,1-2H3. The minimum atomic E-state index is -0.674. The summed E-state index contributed by atoms with van der Waals surface area (Å²) in [6.07, 6.45) is 0. The molecule has 0 radical (unpaired) electrons.